The predicted molar refractivity (Wildman–Crippen MR) is 102 cm³/mol. The molecule has 5 nitrogen and oxygen atoms in total. The Morgan fingerprint density at radius 1 is 0.960 bits per heavy atom. The van der Waals surface area contributed by atoms with Crippen LogP contribution < -0.4 is 15.0 Å². The van der Waals surface area contributed by atoms with Crippen LogP contribution in [0.25, 0.3) is 0 Å². The number of anilines is 4. The Morgan fingerprint density at radius 3 is 2.48 bits per heavy atom. The van der Waals surface area contributed by atoms with Crippen LogP contribution in [0.4, 0.5) is 23.1 Å². The van der Waals surface area contributed by atoms with Crippen LogP contribution in [0.3, 0.4) is 0 Å². The number of para-hydroxylation sites is 3. The average Bonchev–Trinajstić information content (AvgIpc) is 2.65. The molecule has 0 radical (unpaired) electrons. The van der Waals surface area contributed by atoms with Gasteiger partial charge >= 0.3 is 0 Å². The highest BCUT2D eigenvalue weighted by molar-refractivity contribution is 5.65. The van der Waals surface area contributed by atoms with Gasteiger partial charge in [-0.3, -0.25) is 0 Å². The van der Waals surface area contributed by atoms with Crippen molar-refractivity contribution in [1.29, 1.82) is 0 Å². The normalized spacial score (nSPS) is 10.3. The SMILES string of the molecule is CCOc1ccccc1Nc1nccc(N(CC)c2ccccc2)n1. The molecule has 0 atom stereocenters. The Balaban J connectivity index is 1.87. The molecule has 0 unspecified atom stereocenters. The first-order valence-electron chi connectivity index (χ1n) is 8.46. The molecule has 0 aliphatic heterocycles. The topological polar surface area (TPSA) is 50.3 Å². The monoisotopic (exact) mass is 334 g/mol. The molecule has 0 saturated heterocycles. The maximum Gasteiger partial charge on any atom is 0.229 e. The molecule has 0 fully saturated rings. The average molecular weight is 334 g/mol. The zero-order chi connectivity index (χ0) is 17.5. The van der Waals surface area contributed by atoms with E-state index < -0.39 is 0 Å². The van der Waals surface area contributed by atoms with E-state index >= 15 is 0 Å². The van der Waals surface area contributed by atoms with Crippen molar-refractivity contribution in [2.24, 2.45) is 0 Å². The lowest BCUT2D eigenvalue weighted by Gasteiger charge is -2.22. The number of ether oxygens (including phenoxy) is 1. The van der Waals surface area contributed by atoms with E-state index in [2.05, 4.69) is 39.2 Å². The molecule has 3 aromatic rings. The van der Waals surface area contributed by atoms with Crippen LogP contribution in [0.1, 0.15) is 13.8 Å². The largest absolute Gasteiger partial charge is 0.492 e. The molecule has 0 saturated carbocycles. The van der Waals surface area contributed by atoms with Crippen molar-refractivity contribution in [3.63, 3.8) is 0 Å². The maximum atomic E-state index is 5.65. The van der Waals surface area contributed by atoms with Gasteiger partial charge in [-0.15, -0.1) is 0 Å². The van der Waals surface area contributed by atoms with E-state index in [-0.39, 0.29) is 0 Å². The second-order valence-electron chi connectivity index (χ2n) is 5.37. The maximum absolute atomic E-state index is 5.65. The molecule has 3 rings (SSSR count). The summed E-state index contributed by atoms with van der Waals surface area (Å²) in [7, 11) is 0. The van der Waals surface area contributed by atoms with Crippen LogP contribution >= 0.6 is 0 Å². The number of nitrogens with zero attached hydrogens (tertiary/aromatic N) is 3. The molecule has 128 valence electrons. The highest BCUT2D eigenvalue weighted by Crippen LogP contribution is 2.28. The molecule has 5 heteroatoms. The molecule has 0 bridgehead atoms. The molecule has 1 aromatic heterocycles. The minimum atomic E-state index is 0.541. The minimum absolute atomic E-state index is 0.541. The number of hydrogen-bond acceptors (Lipinski definition) is 5. The third kappa shape index (κ3) is 4.07. The summed E-state index contributed by atoms with van der Waals surface area (Å²) >= 11 is 0. The second kappa shape index (κ2) is 8.15. The standard InChI is InChI=1S/C20H22N4O/c1-3-24(16-10-6-5-7-11-16)19-14-15-21-20(23-19)22-17-12-8-9-13-18(17)25-4-2/h5-15H,3-4H2,1-2H3,(H,21,22,23). The summed E-state index contributed by atoms with van der Waals surface area (Å²) in [5.74, 6) is 2.17. The number of aromatic nitrogens is 2. The van der Waals surface area contributed by atoms with Gasteiger partial charge in [0.1, 0.15) is 11.6 Å². The van der Waals surface area contributed by atoms with E-state index in [1.807, 2.05) is 55.5 Å². The molecular weight excluding hydrogens is 312 g/mol. The van der Waals surface area contributed by atoms with Crippen molar-refractivity contribution in [3.05, 3.63) is 66.9 Å². The minimum Gasteiger partial charge on any atom is -0.492 e. The fraction of sp³-hybridized carbons (Fsp3) is 0.200. The molecule has 0 aliphatic rings. The lowest BCUT2D eigenvalue weighted by atomic mass is 10.3. The summed E-state index contributed by atoms with van der Waals surface area (Å²) in [5, 5.41) is 3.25. The van der Waals surface area contributed by atoms with Gasteiger partial charge in [-0.1, -0.05) is 30.3 Å². The van der Waals surface area contributed by atoms with Crippen LogP contribution in [0.5, 0.6) is 5.75 Å². The van der Waals surface area contributed by atoms with Crippen molar-refractivity contribution < 1.29 is 4.74 Å². The first kappa shape index (κ1) is 16.8. The van der Waals surface area contributed by atoms with Gasteiger partial charge in [0.2, 0.25) is 5.95 Å². The highest BCUT2D eigenvalue weighted by atomic mass is 16.5. The molecule has 2 aromatic carbocycles. The molecule has 1 heterocycles. The Bertz CT molecular complexity index is 808. The summed E-state index contributed by atoms with van der Waals surface area (Å²) in [6.45, 7) is 5.49. The van der Waals surface area contributed by atoms with Gasteiger partial charge in [-0.2, -0.15) is 4.98 Å². The van der Waals surface area contributed by atoms with Gasteiger partial charge in [-0.25, -0.2) is 4.98 Å². The third-order valence-electron chi connectivity index (χ3n) is 3.73. The van der Waals surface area contributed by atoms with Crippen LogP contribution in [0, 0.1) is 0 Å². The molecule has 25 heavy (non-hydrogen) atoms. The van der Waals surface area contributed by atoms with Gasteiger partial charge in [0.05, 0.1) is 12.3 Å². The lowest BCUT2D eigenvalue weighted by molar-refractivity contribution is 0.342. The van der Waals surface area contributed by atoms with Gasteiger partial charge < -0.3 is 15.0 Å². The molecule has 0 spiro atoms. The number of benzene rings is 2. The van der Waals surface area contributed by atoms with Gasteiger partial charge in [0.15, 0.2) is 0 Å². The van der Waals surface area contributed by atoms with Gasteiger partial charge in [-0.05, 0) is 44.2 Å². The zero-order valence-corrected chi connectivity index (χ0v) is 14.5. The Morgan fingerprint density at radius 2 is 1.72 bits per heavy atom. The van der Waals surface area contributed by atoms with E-state index in [4.69, 9.17) is 4.74 Å². The zero-order valence-electron chi connectivity index (χ0n) is 14.5. The van der Waals surface area contributed by atoms with E-state index in [0.29, 0.717) is 12.6 Å². The Hall–Kier alpha value is -3.08. The van der Waals surface area contributed by atoms with Crippen LogP contribution in [-0.4, -0.2) is 23.1 Å². The first-order chi connectivity index (χ1) is 12.3. The molecule has 0 amide bonds. The van der Waals surface area contributed by atoms with Crippen molar-refractivity contribution in [3.8, 4) is 5.75 Å². The van der Waals surface area contributed by atoms with Gasteiger partial charge in [0, 0.05) is 18.4 Å². The van der Waals surface area contributed by atoms with Crippen LogP contribution in [0.2, 0.25) is 0 Å². The van der Waals surface area contributed by atoms with E-state index in [1.165, 1.54) is 0 Å². The van der Waals surface area contributed by atoms with E-state index in [0.717, 1.165) is 29.5 Å². The van der Waals surface area contributed by atoms with Crippen LogP contribution in [-0.2, 0) is 0 Å². The molecule has 1 N–H and O–H groups in total. The van der Waals surface area contributed by atoms with Crippen molar-refractivity contribution in [2.75, 3.05) is 23.4 Å². The summed E-state index contributed by atoms with van der Waals surface area (Å²) in [6, 6.07) is 19.9. The fourth-order valence-electron chi connectivity index (χ4n) is 2.62. The van der Waals surface area contributed by atoms with E-state index in [1.54, 1.807) is 6.20 Å². The smallest absolute Gasteiger partial charge is 0.229 e. The summed E-state index contributed by atoms with van der Waals surface area (Å²) in [5.41, 5.74) is 1.95. The Kier molecular flexibility index (Phi) is 5.46. The highest BCUT2D eigenvalue weighted by Gasteiger charge is 2.10. The summed E-state index contributed by atoms with van der Waals surface area (Å²) < 4.78 is 5.65. The Labute approximate surface area is 148 Å². The second-order valence-corrected chi connectivity index (χ2v) is 5.37. The number of nitrogens with one attached hydrogen (secondary N) is 1. The summed E-state index contributed by atoms with van der Waals surface area (Å²) in [6.07, 6.45) is 1.76. The van der Waals surface area contributed by atoms with Crippen molar-refractivity contribution in [1.82, 2.24) is 9.97 Å². The third-order valence-corrected chi connectivity index (χ3v) is 3.73. The molecule has 0 aliphatic carbocycles. The fourth-order valence-corrected chi connectivity index (χ4v) is 2.62. The van der Waals surface area contributed by atoms with Crippen LogP contribution in [0.15, 0.2) is 66.9 Å². The van der Waals surface area contributed by atoms with Crippen molar-refractivity contribution in [2.45, 2.75) is 13.8 Å². The molecular formula is C20H22N4O. The van der Waals surface area contributed by atoms with E-state index in [9.17, 15) is 0 Å². The summed E-state index contributed by atoms with van der Waals surface area (Å²) in [4.78, 5) is 11.1. The lowest BCUT2D eigenvalue weighted by Crippen LogP contribution is -2.17. The first-order valence-corrected chi connectivity index (χ1v) is 8.46. The number of rotatable bonds is 7. The quantitative estimate of drug-likeness (QED) is 0.674. The van der Waals surface area contributed by atoms with Gasteiger partial charge in [0.25, 0.3) is 0 Å². The predicted octanol–water partition coefficient (Wildman–Crippen LogP) is 4.78. The van der Waals surface area contributed by atoms with Crippen molar-refractivity contribution >= 4 is 23.1 Å². The number of hydrogen-bond donors (Lipinski definition) is 1.